The van der Waals surface area contributed by atoms with Crippen LogP contribution >= 0.6 is 0 Å². The molecule has 4 heteroatoms. The monoisotopic (exact) mass is 223 g/mol. The molecule has 0 radical (unpaired) electrons. The molecule has 1 aromatic carbocycles. The summed E-state index contributed by atoms with van der Waals surface area (Å²) in [6.07, 6.45) is 2.04. The second-order valence-corrected chi connectivity index (χ2v) is 3.83. The molecule has 3 nitrogen and oxygen atoms in total. The second-order valence-electron chi connectivity index (χ2n) is 3.83. The summed E-state index contributed by atoms with van der Waals surface area (Å²) in [5, 5.41) is 2.80. The van der Waals surface area contributed by atoms with Crippen molar-refractivity contribution in [1.29, 1.82) is 0 Å². The van der Waals surface area contributed by atoms with Crippen LogP contribution in [0, 0.1) is 5.82 Å². The van der Waals surface area contributed by atoms with Crippen molar-refractivity contribution >= 4 is 5.91 Å². The van der Waals surface area contributed by atoms with Gasteiger partial charge in [0.2, 0.25) is 0 Å². The molecule has 1 N–H and O–H groups in total. The minimum Gasteiger partial charge on any atom is -0.491 e. The van der Waals surface area contributed by atoms with E-state index in [-0.39, 0.29) is 17.7 Å². The highest BCUT2D eigenvalue weighted by Gasteiger charge is 2.24. The molecular formula is C12H14FNO2. The predicted molar refractivity (Wildman–Crippen MR) is 58.1 cm³/mol. The molecule has 0 bridgehead atoms. The number of carbonyl (C=O) groups is 1. The zero-order chi connectivity index (χ0) is 11.5. The summed E-state index contributed by atoms with van der Waals surface area (Å²) in [6.45, 7) is 2.19. The molecule has 0 unspecified atom stereocenters. The van der Waals surface area contributed by atoms with E-state index < -0.39 is 5.82 Å². The number of halogens is 1. The predicted octanol–water partition coefficient (Wildman–Crippen LogP) is 2.12. The zero-order valence-corrected chi connectivity index (χ0v) is 9.13. The Labute approximate surface area is 93.6 Å². The Morgan fingerprint density at radius 2 is 2.31 bits per heavy atom. The van der Waals surface area contributed by atoms with Gasteiger partial charge >= 0.3 is 0 Å². The van der Waals surface area contributed by atoms with Gasteiger partial charge in [-0.15, -0.1) is 0 Å². The molecule has 16 heavy (non-hydrogen) atoms. The number of carbonyl (C=O) groups excluding carboxylic acids is 1. The van der Waals surface area contributed by atoms with Gasteiger partial charge in [0, 0.05) is 11.6 Å². The van der Waals surface area contributed by atoms with Crippen molar-refractivity contribution in [1.82, 2.24) is 5.32 Å². The van der Waals surface area contributed by atoms with Crippen LogP contribution < -0.4 is 10.1 Å². The van der Waals surface area contributed by atoms with Crippen LogP contribution in [-0.2, 0) is 0 Å². The molecule has 1 fully saturated rings. The summed E-state index contributed by atoms with van der Waals surface area (Å²) in [5.74, 6) is -0.528. The van der Waals surface area contributed by atoms with Crippen molar-refractivity contribution in [3.05, 3.63) is 29.6 Å². The highest BCUT2D eigenvalue weighted by Crippen LogP contribution is 2.21. The Morgan fingerprint density at radius 3 is 2.88 bits per heavy atom. The summed E-state index contributed by atoms with van der Waals surface area (Å²) < 4.78 is 18.5. The van der Waals surface area contributed by atoms with Crippen molar-refractivity contribution in [3.8, 4) is 5.75 Å². The first kappa shape index (κ1) is 10.9. The zero-order valence-electron chi connectivity index (χ0n) is 9.13. The van der Waals surface area contributed by atoms with E-state index in [9.17, 15) is 9.18 Å². The molecular weight excluding hydrogens is 209 g/mol. The van der Waals surface area contributed by atoms with Crippen molar-refractivity contribution in [3.63, 3.8) is 0 Å². The number of nitrogens with one attached hydrogen (secondary N) is 1. The quantitative estimate of drug-likeness (QED) is 0.849. The summed E-state index contributed by atoms with van der Waals surface area (Å²) in [5.41, 5.74) is 0.341. The normalized spacial score (nSPS) is 14.6. The molecule has 0 aliphatic heterocycles. The highest BCUT2D eigenvalue weighted by molar-refractivity contribution is 5.94. The average Bonchev–Trinajstić information content (AvgIpc) is 3.05. The van der Waals surface area contributed by atoms with Gasteiger partial charge in [-0.05, 0) is 38.0 Å². The van der Waals surface area contributed by atoms with Crippen LogP contribution in [0.15, 0.2) is 18.2 Å². The van der Waals surface area contributed by atoms with Crippen molar-refractivity contribution < 1.29 is 13.9 Å². The van der Waals surface area contributed by atoms with Crippen LogP contribution in [0.25, 0.3) is 0 Å². The standard InChI is InChI=1S/C12H14FNO2/c1-2-16-11-6-3-8(7-10(11)13)12(15)14-9-4-5-9/h3,6-7,9H,2,4-5H2,1H3,(H,14,15). The minimum atomic E-state index is -0.495. The Hall–Kier alpha value is -1.58. The van der Waals surface area contributed by atoms with Crippen LogP contribution in [0.2, 0.25) is 0 Å². The first-order valence-electron chi connectivity index (χ1n) is 5.44. The molecule has 0 heterocycles. The van der Waals surface area contributed by atoms with E-state index in [1.807, 2.05) is 0 Å². The highest BCUT2D eigenvalue weighted by atomic mass is 19.1. The summed E-state index contributed by atoms with van der Waals surface area (Å²) in [4.78, 5) is 11.6. The second kappa shape index (κ2) is 4.51. The number of hydrogen-bond donors (Lipinski definition) is 1. The maximum atomic E-state index is 13.4. The number of hydrogen-bond acceptors (Lipinski definition) is 2. The average molecular weight is 223 g/mol. The Bertz CT molecular complexity index is 402. The molecule has 86 valence electrons. The maximum absolute atomic E-state index is 13.4. The number of ether oxygens (including phenoxy) is 1. The molecule has 0 saturated heterocycles. The van der Waals surface area contributed by atoms with Crippen molar-refractivity contribution in [2.45, 2.75) is 25.8 Å². The number of amides is 1. The third-order valence-corrected chi connectivity index (χ3v) is 2.41. The Morgan fingerprint density at radius 1 is 1.56 bits per heavy atom. The maximum Gasteiger partial charge on any atom is 0.251 e. The fourth-order valence-corrected chi connectivity index (χ4v) is 1.41. The molecule has 0 spiro atoms. The largest absolute Gasteiger partial charge is 0.491 e. The molecule has 1 amide bonds. The third kappa shape index (κ3) is 2.51. The lowest BCUT2D eigenvalue weighted by atomic mass is 10.2. The smallest absolute Gasteiger partial charge is 0.251 e. The van der Waals surface area contributed by atoms with Gasteiger partial charge in [-0.1, -0.05) is 0 Å². The topological polar surface area (TPSA) is 38.3 Å². The van der Waals surface area contributed by atoms with E-state index in [1.165, 1.54) is 12.1 Å². The minimum absolute atomic E-state index is 0.186. The van der Waals surface area contributed by atoms with Crippen LogP contribution in [0.5, 0.6) is 5.75 Å². The first-order chi connectivity index (χ1) is 7.70. The van der Waals surface area contributed by atoms with Gasteiger partial charge in [0.1, 0.15) is 0 Å². The van der Waals surface area contributed by atoms with Crippen LogP contribution in [0.3, 0.4) is 0 Å². The lowest BCUT2D eigenvalue weighted by Crippen LogP contribution is -2.25. The van der Waals surface area contributed by atoms with Gasteiger partial charge in [-0.25, -0.2) is 4.39 Å². The Kier molecular flexibility index (Phi) is 3.08. The van der Waals surface area contributed by atoms with E-state index in [4.69, 9.17) is 4.74 Å². The van der Waals surface area contributed by atoms with Gasteiger partial charge in [0.15, 0.2) is 11.6 Å². The molecule has 2 rings (SSSR count). The molecule has 1 aliphatic rings. The fourth-order valence-electron chi connectivity index (χ4n) is 1.41. The van der Waals surface area contributed by atoms with E-state index in [0.29, 0.717) is 12.2 Å². The Balaban J connectivity index is 2.09. The third-order valence-electron chi connectivity index (χ3n) is 2.41. The molecule has 1 aromatic rings. The lowest BCUT2D eigenvalue weighted by molar-refractivity contribution is 0.0950. The van der Waals surface area contributed by atoms with Crippen LogP contribution in [0.1, 0.15) is 30.1 Å². The van der Waals surface area contributed by atoms with Gasteiger partial charge in [-0.2, -0.15) is 0 Å². The van der Waals surface area contributed by atoms with Gasteiger partial charge in [0.05, 0.1) is 6.61 Å². The van der Waals surface area contributed by atoms with E-state index in [0.717, 1.165) is 12.8 Å². The van der Waals surface area contributed by atoms with Crippen molar-refractivity contribution in [2.75, 3.05) is 6.61 Å². The van der Waals surface area contributed by atoms with Crippen LogP contribution in [-0.4, -0.2) is 18.6 Å². The first-order valence-corrected chi connectivity index (χ1v) is 5.44. The summed E-state index contributed by atoms with van der Waals surface area (Å²) in [7, 11) is 0. The SMILES string of the molecule is CCOc1ccc(C(=O)NC2CC2)cc1F. The summed E-state index contributed by atoms with van der Waals surface area (Å²) in [6, 6.07) is 4.55. The summed E-state index contributed by atoms with van der Waals surface area (Å²) >= 11 is 0. The van der Waals surface area contributed by atoms with Gasteiger partial charge in [0.25, 0.3) is 5.91 Å². The van der Waals surface area contributed by atoms with Gasteiger partial charge in [-0.3, -0.25) is 4.79 Å². The molecule has 0 atom stereocenters. The fraction of sp³-hybridized carbons (Fsp3) is 0.417. The van der Waals surface area contributed by atoms with Crippen LogP contribution in [0.4, 0.5) is 4.39 Å². The van der Waals surface area contributed by atoms with Gasteiger partial charge < -0.3 is 10.1 Å². The van der Waals surface area contributed by atoms with E-state index in [1.54, 1.807) is 13.0 Å². The molecule has 0 aromatic heterocycles. The molecule has 1 saturated carbocycles. The molecule has 1 aliphatic carbocycles. The lowest BCUT2D eigenvalue weighted by Gasteiger charge is -2.07. The van der Waals surface area contributed by atoms with E-state index in [2.05, 4.69) is 5.32 Å². The van der Waals surface area contributed by atoms with E-state index >= 15 is 0 Å². The number of benzene rings is 1. The van der Waals surface area contributed by atoms with Crippen molar-refractivity contribution in [2.24, 2.45) is 0 Å². The number of rotatable bonds is 4.